The summed E-state index contributed by atoms with van der Waals surface area (Å²) in [5.41, 5.74) is 1.19. The second kappa shape index (κ2) is 5.85. The van der Waals surface area contributed by atoms with E-state index in [1.54, 1.807) is 0 Å². The summed E-state index contributed by atoms with van der Waals surface area (Å²) in [7, 11) is 0. The Morgan fingerprint density at radius 2 is 1.70 bits per heavy atom. The van der Waals surface area contributed by atoms with Crippen molar-refractivity contribution in [3.63, 3.8) is 0 Å². The second-order valence-corrected chi connectivity index (χ2v) is 1.96. The van der Waals surface area contributed by atoms with Crippen LogP contribution in [0, 0.1) is 0 Å². The molecule has 0 fully saturated rings. The van der Waals surface area contributed by atoms with Crippen molar-refractivity contribution in [1.29, 1.82) is 0 Å². The third-order valence-corrected chi connectivity index (χ3v) is 1.24. The zero-order valence-electron chi connectivity index (χ0n) is 5.75. The molecule has 0 unspecified atom stereocenters. The standard InChI is InChI=1S/C8H10O.Pb/c9-7-6-8-4-2-1-3-5-8;/h1-5,9H,6-7H2;. The first-order valence-electron chi connectivity index (χ1n) is 3.08. The maximum absolute atomic E-state index is 8.52. The summed E-state index contributed by atoms with van der Waals surface area (Å²) in [5.74, 6) is 0. The molecular weight excluding hydrogens is 319 g/mol. The first-order chi connectivity index (χ1) is 4.43. The van der Waals surface area contributed by atoms with Crippen molar-refractivity contribution >= 4 is 27.3 Å². The van der Waals surface area contributed by atoms with E-state index in [-0.39, 0.29) is 33.9 Å². The Morgan fingerprint density at radius 3 is 2.20 bits per heavy atom. The maximum Gasteiger partial charge on any atom is 0.0471 e. The Morgan fingerprint density at radius 1 is 1.10 bits per heavy atom. The van der Waals surface area contributed by atoms with Crippen LogP contribution in [0.25, 0.3) is 0 Å². The summed E-state index contributed by atoms with van der Waals surface area (Å²) >= 11 is 0. The summed E-state index contributed by atoms with van der Waals surface area (Å²) < 4.78 is 0. The first kappa shape index (κ1) is 10.1. The van der Waals surface area contributed by atoms with Crippen LogP contribution in [0.1, 0.15) is 5.56 Å². The SMILES string of the molecule is OCCc1ccccc1.[Pb]. The van der Waals surface area contributed by atoms with Crippen molar-refractivity contribution in [3.05, 3.63) is 35.9 Å². The monoisotopic (exact) mass is 330 g/mol. The van der Waals surface area contributed by atoms with Gasteiger partial charge in [0.2, 0.25) is 0 Å². The summed E-state index contributed by atoms with van der Waals surface area (Å²) in [6.07, 6.45) is 0.765. The fraction of sp³-hybridized carbons (Fsp3) is 0.250. The molecule has 0 aliphatic carbocycles. The fourth-order valence-corrected chi connectivity index (χ4v) is 0.774. The number of benzene rings is 1. The van der Waals surface area contributed by atoms with E-state index in [1.165, 1.54) is 5.56 Å². The third kappa shape index (κ3) is 3.32. The van der Waals surface area contributed by atoms with Crippen LogP contribution in [0.3, 0.4) is 0 Å². The van der Waals surface area contributed by atoms with Gasteiger partial charge in [-0.2, -0.15) is 0 Å². The molecule has 0 heterocycles. The average molecular weight is 329 g/mol. The van der Waals surface area contributed by atoms with Gasteiger partial charge in [0.25, 0.3) is 0 Å². The summed E-state index contributed by atoms with van der Waals surface area (Å²) in [6.45, 7) is 0.240. The van der Waals surface area contributed by atoms with E-state index >= 15 is 0 Å². The second-order valence-electron chi connectivity index (χ2n) is 1.96. The molecule has 0 aliphatic rings. The van der Waals surface area contributed by atoms with E-state index in [0.717, 1.165) is 6.42 Å². The molecule has 10 heavy (non-hydrogen) atoms. The van der Waals surface area contributed by atoms with Crippen LogP contribution < -0.4 is 0 Å². The minimum Gasteiger partial charge on any atom is -0.396 e. The van der Waals surface area contributed by atoms with E-state index in [4.69, 9.17) is 5.11 Å². The molecule has 0 saturated heterocycles. The van der Waals surface area contributed by atoms with E-state index < -0.39 is 0 Å². The van der Waals surface area contributed by atoms with Crippen LogP contribution >= 0.6 is 0 Å². The molecule has 1 rings (SSSR count). The fourth-order valence-electron chi connectivity index (χ4n) is 0.774. The zero-order chi connectivity index (χ0) is 6.53. The molecule has 0 spiro atoms. The minimum atomic E-state index is 0. The third-order valence-electron chi connectivity index (χ3n) is 1.24. The van der Waals surface area contributed by atoms with E-state index in [2.05, 4.69) is 0 Å². The molecule has 0 amide bonds. The maximum atomic E-state index is 8.52. The molecule has 4 radical (unpaired) electrons. The molecule has 0 saturated carbocycles. The van der Waals surface area contributed by atoms with Crippen molar-refractivity contribution in [2.75, 3.05) is 6.61 Å². The van der Waals surface area contributed by atoms with Crippen molar-refractivity contribution in [2.45, 2.75) is 6.42 Å². The Labute approximate surface area is 81.2 Å². The summed E-state index contributed by atoms with van der Waals surface area (Å²) in [6, 6.07) is 9.95. The molecule has 1 aromatic rings. The zero-order valence-corrected chi connectivity index (χ0v) is 9.64. The van der Waals surface area contributed by atoms with Crippen molar-refractivity contribution < 1.29 is 5.11 Å². The van der Waals surface area contributed by atoms with Crippen LogP contribution in [0.4, 0.5) is 0 Å². The van der Waals surface area contributed by atoms with Gasteiger partial charge in [-0.25, -0.2) is 0 Å². The van der Waals surface area contributed by atoms with Crippen molar-refractivity contribution in [2.24, 2.45) is 0 Å². The van der Waals surface area contributed by atoms with Gasteiger partial charge in [0.1, 0.15) is 0 Å². The van der Waals surface area contributed by atoms with Crippen molar-refractivity contribution in [3.8, 4) is 0 Å². The Bertz CT molecular complexity index is 162. The van der Waals surface area contributed by atoms with E-state index in [0.29, 0.717) is 0 Å². The van der Waals surface area contributed by atoms with Gasteiger partial charge in [-0.05, 0) is 12.0 Å². The van der Waals surface area contributed by atoms with Gasteiger partial charge < -0.3 is 5.11 Å². The van der Waals surface area contributed by atoms with E-state index in [9.17, 15) is 0 Å². The van der Waals surface area contributed by atoms with Gasteiger partial charge in [-0.3, -0.25) is 0 Å². The predicted octanol–water partition coefficient (Wildman–Crippen LogP) is 0.841. The Kier molecular flexibility index (Phi) is 5.91. The molecule has 0 bridgehead atoms. The minimum absolute atomic E-state index is 0. The van der Waals surface area contributed by atoms with Gasteiger partial charge >= 0.3 is 0 Å². The van der Waals surface area contributed by atoms with Crippen molar-refractivity contribution in [1.82, 2.24) is 0 Å². The Hall–Kier alpha value is 0.102. The van der Waals surface area contributed by atoms with Gasteiger partial charge in [-0.1, -0.05) is 30.3 Å². The number of aliphatic hydroxyl groups excluding tert-OH is 1. The molecular formula is C8H10OPb. The van der Waals surface area contributed by atoms with Gasteiger partial charge in [0.05, 0.1) is 0 Å². The van der Waals surface area contributed by atoms with Crippen LogP contribution in [0.15, 0.2) is 30.3 Å². The number of rotatable bonds is 2. The van der Waals surface area contributed by atoms with E-state index in [1.807, 2.05) is 30.3 Å². The largest absolute Gasteiger partial charge is 0.396 e. The van der Waals surface area contributed by atoms with Gasteiger partial charge in [0.15, 0.2) is 0 Å². The molecule has 1 N–H and O–H groups in total. The summed E-state index contributed by atoms with van der Waals surface area (Å²) in [4.78, 5) is 0. The topological polar surface area (TPSA) is 20.2 Å². The van der Waals surface area contributed by atoms with Gasteiger partial charge in [-0.15, -0.1) is 0 Å². The molecule has 0 atom stereocenters. The van der Waals surface area contributed by atoms with Crippen LogP contribution in [0.5, 0.6) is 0 Å². The molecule has 1 nitrogen and oxygen atoms in total. The normalized spacial score (nSPS) is 8.50. The quantitative estimate of drug-likeness (QED) is 0.798. The number of hydrogen-bond donors (Lipinski definition) is 1. The van der Waals surface area contributed by atoms with Crippen LogP contribution in [0.2, 0.25) is 0 Å². The van der Waals surface area contributed by atoms with Gasteiger partial charge in [0, 0.05) is 33.9 Å². The Balaban J connectivity index is 0.000000810. The average Bonchev–Trinajstić information content (AvgIpc) is 1.91. The van der Waals surface area contributed by atoms with Crippen LogP contribution in [-0.2, 0) is 6.42 Å². The number of aliphatic hydroxyl groups is 1. The molecule has 2 heteroatoms. The first-order valence-corrected chi connectivity index (χ1v) is 3.08. The van der Waals surface area contributed by atoms with Crippen LogP contribution in [-0.4, -0.2) is 39.0 Å². The predicted molar refractivity (Wildman–Crippen MR) is 43.0 cm³/mol. The molecule has 0 aromatic heterocycles. The molecule has 52 valence electrons. The molecule has 0 aliphatic heterocycles. The molecule has 1 aromatic carbocycles. The number of hydrogen-bond acceptors (Lipinski definition) is 1. The smallest absolute Gasteiger partial charge is 0.0471 e. The summed E-state index contributed by atoms with van der Waals surface area (Å²) in [5, 5.41) is 8.52.